The van der Waals surface area contributed by atoms with Crippen molar-refractivity contribution >= 4 is 0 Å². The van der Waals surface area contributed by atoms with Crippen molar-refractivity contribution in [1.29, 1.82) is 0 Å². The smallest absolute Gasteiger partial charge is 0.0224 e. The van der Waals surface area contributed by atoms with E-state index in [9.17, 15) is 0 Å². The summed E-state index contributed by atoms with van der Waals surface area (Å²) in [6, 6.07) is 2.51. The second-order valence-corrected chi connectivity index (χ2v) is 6.14. The van der Waals surface area contributed by atoms with E-state index in [-0.39, 0.29) is 0 Å². The zero-order valence-electron chi connectivity index (χ0n) is 10.8. The van der Waals surface area contributed by atoms with Crippen molar-refractivity contribution in [2.24, 2.45) is 11.8 Å². The topological polar surface area (TPSA) is 15.3 Å². The van der Waals surface area contributed by atoms with Gasteiger partial charge in [-0.2, -0.15) is 0 Å². The monoisotopic (exact) mass is 222 g/mol. The zero-order chi connectivity index (χ0) is 11.1. The summed E-state index contributed by atoms with van der Waals surface area (Å²) in [7, 11) is 0. The lowest BCUT2D eigenvalue weighted by Gasteiger charge is -2.35. The third kappa shape index (κ3) is 1.80. The average molecular weight is 222 g/mol. The van der Waals surface area contributed by atoms with Crippen LogP contribution in [0.2, 0.25) is 0 Å². The van der Waals surface area contributed by atoms with Crippen LogP contribution in [0.3, 0.4) is 0 Å². The Hall–Kier alpha value is -0.0800. The van der Waals surface area contributed by atoms with Crippen molar-refractivity contribution in [2.45, 2.75) is 64.1 Å². The van der Waals surface area contributed by atoms with E-state index >= 15 is 0 Å². The van der Waals surface area contributed by atoms with E-state index in [2.05, 4.69) is 24.1 Å². The molecule has 0 bridgehead atoms. The maximum absolute atomic E-state index is 3.82. The summed E-state index contributed by atoms with van der Waals surface area (Å²) in [6.45, 7) is 7.44. The normalized spacial score (nSPS) is 45.4. The Balaban J connectivity index is 1.82. The van der Waals surface area contributed by atoms with Crippen molar-refractivity contribution in [3.05, 3.63) is 0 Å². The fourth-order valence-corrected chi connectivity index (χ4v) is 4.14. The first-order valence-corrected chi connectivity index (χ1v) is 7.30. The molecule has 2 saturated heterocycles. The fourth-order valence-electron chi connectivity index (χ4n) is 4.14. The summed E-state index contributed by atoms with van der Waals surface area (Å²) in [4.78, 5) is 2.87. The van der Waals surface area contributed by atoms with Crippen molar-refractivity contribution in [2.75, 3.05) is 13.1 Å². The van der Waals surface area contributed by atoms with Gasteiger partial charge in [-0.15, -0.1) is 0 Å². The molecule has 2 aliphatic heterocycles. The molecule has 1 saturated carbocycles. The molecule has 2 heterocycles. The van der Waals surface area contributed by atoms with Crippen molar-refractivity contribution in [3.8, 4) is 0 Å². The molecule has 16 heavy (non-hydrogen) atoms. The van der Waals surface area contributed by atoms with E-state index in [1.807, 2.05) is 0 Å². The molecule has 0 radical (unpaired) electrons. The first-order chi connectivity index (χ1) is 7.81. The van der Waals surface area contributed by atoms with Crippen LogP contribution in [0.15, 0.2) is 0 Å². The van der Waals surface area contributed by atoms with Crippen LogP contribution in [0.4, 0.5) is 0 Å². The molecule has 3 fully saturated rings. The standard InChI is InChI=1S/C14H26N2/c1-3-13-10(2)14(11-6-7-11)16-8-4-5-12(16)9-15-13/h10-15H,3-9H2,1-2H3/t10-,12?,13?,14-/m1/s1. The van der Waals surface area contributed by atoms with Gasteiger partial charge in [0.25, 0.3) is 0 Å². The highest BCUT2D eigenvalue weighted by atomic mass is 15.3. The summed E-state index contributed by atoms with van der Waals surface area (Å²) in [5, 5.41) is 3.82. The van der Waals surface area contributed by atoms with Gasteiger partial charge in [0.05, 0.1) is 0 Å². The van der Waals surface area contributed by atoms with Crippen LogP contribution in [0, 0.1) is 11.8 Å². The molecule has 0 amide bonds. The predicted octanol–water partition coefficient (Wildman–Crippen LogP) is 2.25. The predicted molar refractivity (Wildman–Crippen MR) is 67.5 cm³/mol. The molecule has 1 aliphatic carbocycles. The maximum atomic E-state index is 3.82. The van der Waals surface area contributed by atoms with E-state index in [1.165, 1.54) is 45.2 Å². The second-order valence-electron chi connectivity index (χ2n) is 6.14. The summed E-state index contributed by atoms with van der Waals surface area (Å²) < 4.78 is 0. The van der Waals surface area contributed by atoms with Crippen LogP contribution in [0.1, 0.15) is 46.0 Å². The number of fused-ring (bicyclic) bond motifs is 1. The maximum Gasteiger partial charge on any atom is 0.0224 e. The van der Waals surface area contributed by atoms with Crippen LogP contribution >= 0.6 is 0 Å². The minimum Gasteiger partial charge on any atom is -0.312 e. The highest BCUT2D eigenvalue weighted by Crippen LogP contribution is 2.43. The Morgan fingerprint density at radius 3 is 2.75 bits per heavy atom. The van der Waals surface area contributed by atoms with Gasteiger partial charge in [-0.1, -0.05) is 13.8 Å². The Bertz CT molecular complexity index is 247. The Morgan fingerprint density at radius 2 is 2.06 bits per heavy atom. The molecule has 1 N–H and O–H groups in total. The third-order valence-corrected chi connectivity index (χ3v) is 5.14. The van der Waals surface area contributed by atoms with Gasteiger partial charge in [0.1, 0.15) is 0 Å². The summed E-state index contributed by atoms with van der Waals surface area (Å²) in [5.74, 6) is 1.88. The van der Waals surface area contributed by atoms with Crippen LogP contribution in [0.25, 0.3) is 0 Å². The third-order valence-electron chi connectivity index (χ3n) is 5.14. The minimum absolute atomic E-state index is 0.760. The van der Waals surface area contributed by atoms with Gasteiger partial charge in [-0.3, -0.25) is 4.90 Å². The van der Waals surface area contributed by atoms with Gasteiger partial charge in [-0.05, 0) is 50.5 Å². The molecular weight excluding hydrogens is 196 g/mol. The van der Waals surface area contributed by atoms with Gasteiger partial charge < -0.3 is 5.32 Å². The molecule has 3 aliphatic rings. The van der Waals surface area contributed by atoms with Crippen LogP contribution in [-0.4, -0.2) is 36.1 Å². The Labute approximate surface area is 99.8 Å². The highest BCUT2D eigenvalue weighted by molar-refractivity contribution is 5.01. The number of hydrogen-bond acceptors (Lipinski definition) is 2. The van der Waals surface area contributed by atoms with Crippen molar-refractivity contribution < 1.29 is 0 Å². The summed E-state index contributed by atoms with van der Waals surface area (Å²) in [5.41, 5.74) is 0. The molecule has 4 atom stereocenters. The molecular formula is C14H26N2. The summed E-state index contributed by atoms with van der Waals surface area (Å²) >= 11 is 0. The van der Waals surface area contributed by atoms with Crippen LogP contribution in [0.5, 0.6) is 0 Å². The van der Waals surface area contributed by atoms with E-state index in [4.69, 9.17) is 0 Å². The van der Waals surface area contributed by atoms with Crippen molar-refractivity contribution in [3.63, 3.8) is 0 Å². The second kappa shape index (κ2) is 4.30. The van der Waals surface area contributed by atoms with E-state index in [0.717, 1.165) is 30.0 Å². The molecule has 2 nitrogen and oxygen atoms in total. The fraction of sp³-hybridized carbons (Fsp3) is 1.00. The number of nitrogens with zero attached hydrogens (tertiary/aromatic N) is 1. The lowest BCUT2D eigenvalue weighted by Crippen LogP contribution is -2.45. The van der Waals surface area contributed by atoms with Gasteiger partial charge in [-0.25, -0.2) is 0 Å². The minimum atomic E-state index is 0.760. The molecule has 0 aromatic rings. The SMILES string of the molecule is CCC1NCC2CCCN2[C@@H](C2CC2)[C@@H]1C. The molecule has 2 heteroatoms. The van der Waals surface area contributed by atoms with Gasteiger partial charge in [0, 0.05) is 24.7 Å². The highest BCUT2D eigenvalue weighted by Gasteiger charge is 2.45. The average Bonchev–Trinajstić information content (AvgIpc) is 3.02. The van der Waals surface area contributed by atoms with E-state index in [0.29, 0.717) is 0 Å². The van der Waals surface area contributed by atoms with E-state index in [1.54, 1.807) is 0 Å². The lowest BCUT2D eigenvalue weighted by molar-refractivity contribution is 0.126. The number of hydrogen-bond donors (Lipinski definition) is 1. The molecule has 2 unspecified atom stereocenters. The van der Waals surface area contributed by atoms with Crippen LogP contribution < -0.4 is 5.32 Å². The van der Waals surface area contributed by atoms with Crippen LogP contribution in [-0.2, 0) is 0 Å². The molecule has 3 rings (SSSR count). The Kier molecular flexibility index (Phi) is 2.97. The first kappa shape index (κ1) is 11.0. The molecule has 0 spiro atoms. The number of rotatable bonds is 2. The Morgan fingerprint density at radius 1 is 1.25 bits per heavy atom. The molecule has 0 aromatic heterocycles. The van der Waals surface area contributed by atoms with Gasteiger partial charge in [0.15, 0.2) is 0 Å². The quantitative estimate of drug-likeness (QED) is 0.771. The molecule has 0 aromatic carbocycles. The van der Waals surface area contributed by atoms with Gasteiger partial charge in [0.2, 0.25) is 0 Å². The number of nitrogens with one attached hydrogen (secondary N) is 1. The van der Waals surface area contributed by atoms with E-state index < -0.39 is 0 Å². The first-order valence-electron chi connectivity index (χ1n) is 7.30. The van der Waals surface area contributed by atoms with Gasteiger partial charge >= 0.3 is 0 Å². The molecule has 92 valence electrons. The summed E-state index contributed by atoms with van der Waals surface area (Å²) in [6.07, 6.45) is 7.15. The lowest BCUT2D eigenvalue weighted by atomic mass is 9.88. The zero-order valence-corrected chi connectivity index (χ0v) is 10.8. The van der Waals surface area contributed by atoms with Crippen molar-refractivity contribution in [1.82, 2.24) is 10.2 Å². The largest absolute Gasteiger partial charge is 0.312 e.